The monoisotopic (exact) mass is 348 g/mol. The van der Waals surface area contributed by atoms with E-state index in [4.69, 9.17) is 21.1 Å². The van der Waals surface area contributed by atoms with Crippen LogP contribution in [0.4, 0.5) is 5.69 Å². The van der Waals surface area contributed by atoms with E-state index in [1.165, 1.54) is 0 Å². The predicted octanol–water partition coefficient (Wildman–Crippen LogP) is 3.37. The quantitative estimate of drug-likeness (QED) is 0.805. The maximum atomic E-state index is 12.3. The van der Waals surface area contributed by atoms with Gasteiger partial charge in [0, 0.05) is 24.3 Å². The fourth-order valence-corrected chi connectivity index (χ4v) is 2.55. The third kappa shape index (κ3) is 4.32. The van der Waals surface area contributed by atoms with Crippen LogP contribution in [0, 0.1) is 0 Å². The second-order valence-electron chi connectivity index (χ2n) is 5.14. The third-order valence-corrected chi connectivity index (χ3v) is 3.88. The van der Waals surface area contributed by atoms with E-state index in [2.05, 4.69) is 10.6 Å². The highest BCUT2D eigenvalue weighted by Crippen LogP contribution is 2.27. The van der Waals surface area contributed by atoms with E-state index in [0.717, 1.165) is 11.3 Å². The minimum absolute atomic E-state index is 0.165. The number of hydrogen-bond donors (Lipinski definition) is 2. The van der Waals surface area contributed by atoms with E-state index >= 15 is 0 Å². The summed E-state index contributed by atoms with van der Waals surface area (Å²) >= 11 is 5.98. The van der Waals surface area contributed by atoms with Gasteiger partial charge in [-0.05, 0) is 42.3 Å². The Morgan fingerprint density at radius 2 is 1.83 bits per heavy atom. The molecular formula is C18H21ClN2O3. The van der Waals surface area contributed by atoms with Crippen molar-refractivity contribution in [2.45, 2.75) is 6.42 Å². The summed E-state index contributed by atoms with van der Waals surface area (Å²) in [6.07, 6.45) is 0.682. The Morgan fingerprint density at radius 1 is 1.08 bits per heavy atom. The van der Waals surface area contributed by atoms with Gasteiger partial charge >= 0.3 is 0 Å². The van der Waals surface area contributed by atoms with Crippen LogP contribution in [-0.2, 0) is 6.42 Å². The van der Waals surface area contributed by atoms with Crippen LogP contribution in [0.1, 0.15) is 15.9 Å². The number of ether oxygens (including phenoxy) is 2. The Bertz CT molecular complexity index is 719. The fraction of sp³-hybridized carbons (Fsp3) is 0.278. The summed E-state index contributed by atoms with van der Waals surface area (Å²) in [4.78, 5) is 12.3. The molecule has 1 amide bonds. The number of hydrogen-bond acceptors (Lipinski definition) is 4. The van der Waals surface area contributed by atoms with Gasteiger partial charge in [0.25, 0.3) is 5.91 Å². The fourth-order valence-electron chi connectivity index (χ4n) is 2.37. The summed E-state index contributed by atoms with van der Waals surface area (Å²) in [7, 11) is 4.97. The van der Waals surface area contributed by atoms with Gasteiger partial charge in [0.2, 0.25) is 0 Å². The van der Waals surface area contributed by atoms with Gasteiger partial charge in [-0.3, -0.25) is 4.79 Å². The van der Waals surface area contributed by atoms with Crippen molar-refractivity contribution < 1.29 is 14.3 Å². The molecule has 5 nitrogen and oxygen atoms in total. The molecule has 0 bridgehead atoms. The summed E-state index contributed by atoms with van der Waals surface area (Å²) in [6, 6.07) is 10.9. The number of methoxy groups -OCH3 is 2. The molecule has 0 heterocycles. The van der Waals surface area contributed by atoms with Gasteiger partial charge in [-0.25, -0.2) is 0 Å². The summed E-state index contributed by atoms with van der Waals surface area (Å²) < 4.78 is 10.5. The number of anilines is 1. The molecule has 0 saturated heterocycles. The Balaban J connectivity index is 1.99. The van der Waals surface area contributed by atoms with Gasteiger partial charge < -0.3 is 20.1 Å². The molecule has 2 rings (SSSR count). The second-order valence-corrected chi connectivity index (χ2v) is 5.57. The van der Waals surface area contributed by atoms with Crippen LogP contribution in [-0.4, -0.2) is 33.7 Å². The number of halogens is 1. The Hall–Kier alpha value is -2.40. The van der Waals surface area contributed by atoms with Crippen molar-refractivity contribution >= 4 is 23.2 Å². The maximum absolute atomic E-state index is 12.3. The molecule has 0 unspecified atom stereocenters. The van der Waals surface area contributed by atoms with Gasteiger partial charge in [-0.15, -0.1) is 0 Å². The summed E-state index contributed by atoms with van der Waals surface area (Å²) in [5.41, 5.74) is 2.31. The Kier molecular flexibility index (Phi) is 6.32. The second kappa shape index (κ2) is 8.45. The Morgan fingerprint density at radius 3 is 2.50 bits per heavy atom. The molecule has 0 fully saturated rings. The molecule has 0 aromatic heterocycles. The number of nitrogens with one attached hydrogen (secondary N) is 2. The molecule has 6 heteroatoms. The van der Waals surface area contributed by atoms with Crippen molar-refractivity contribution in [1.29, 1.82) is 0 Å². The van der Waals surface area contributed by atoms with Crippen LogP contribution >= 0.6 is 11.6 Å². The first-order valence-electron chi connectivity index (χ1n) is 7.55. The normalized spacial score (nSPS) is 10.2. The van der Waals surface area contributed by atoms with Gasteiger partial charge in [-0.2, -0.15) is 0 Å². The summed E-state index contributed by atoms with van der Waals surface area (Å²) in [5, 5.41) is 6.42. The van der Waals surface area contributed by atoms with Crippen molar-refractivity contribution in [3.8, 4) is 11.5 Å². The highest BCUT2D eigenvalue weighted by Gasteiger charge is 2.11. The molecule has 2 aromatic rings. The first-order valence-corrected chi connectivity index (χ1v) is 7.93. The highest BCUT2D eigenvalue weighted by molar-refractivity contribution is 6.31. The van der Waals surface area contributed by atoms with Crippen molar-refractivity contribution in [2.75, 3.05) is 33.1 Å². The molecule has 0 saturated carbocycles. The number of carbonyl (C=O) groups excluding carboxylic acids is 1. The van der Waals surface area contributed by atoms with Crippen molar-refractivity contribution in [2.24, 2.45) is 0 Å². The first-order chi connectivity index (χ1) is 11.6. The van der Waals surface area contributed by atoms with E-state index in [0.29, 0.717) is 35.1 Å². The molecule has 24 heavy (non-hydrogen) atoms. The predicted molar refractivity (Wildman–Crippen MR) is 96.6 cm³/mol. The zero-order valence-electron chi connectivity index (χ0n) is 14.0. The average molecular weight is 349 g/mol. The van der Waals surface area contributed by atoms with Gasteiger partial charge in [0.1, 0.15) is 0 Å². The third-order valence-electron chi connectivity index (χ3n) is 3.64. The van der Waals surface area contributed by atoms with Crippen LogP contribution in [0.5, 0.6) is 11.5 Å². The topological polar surface area (TPSA) is 59.6 Å². The minimum atomic E-state index is -0.165. The largest absolute Gasteiger partial charge is 0.493 e. The van der Waals surface area contributed by atoms with Gasteiger partial charge in [0.05, 0.1) is 19.8 Å². The first kappa shape index (κ1) is 17.9. The number of amides is 1. The molecule has 0 spiro atoms. The summed E-state index contributed by atoms with van der Waals surface area (Å²) in [5.74, 6) is 1.19. The smallest absolute Gasteiger partial charge is 0.253 e. The molecule has 0 aliphatic heterocycles. The van der Waals surface area contributed by atoms with Gasteiger partial charge in [0.15, 0.2) is 11.5 Å². The lowest BCUT2D eigenvalue weighted by atomic mass is 10.1. The zero-order valence-corrected chi connectivity index (χ0v) is 14.7. The lowest BCUT2D eigenvalue weighted by Gasteiger charge is -2.12. The van der Waals surface area contributed by atoms with E-state index in [9.17, 15) is 4.79 Å². The van der Waals surface area contributed by atoms with Crippen LogP contribution in [0.15, 0.2) is 36.4 Å². The molecule has 0 atom stereocenters. The van der Waals surface area contributed by atoms with Crippen molar-refractivity contribution in [3.63, 3.8) is 0 Å². The van der Waals surface area contributed by atoms with Crippen LogP contribution in [0.3, 0.4) is 0 Å². The average Bonchev–Trinajstić information content (AvgIpc) is 2.61. The van der Waals surface area contributed by atoms with Gasteiger partial charge in [-0.1, -0.05) is 17.7 Å². The molecular weight excluding hydrogens is 328 g/mol. The lowest BCUT2D eigenvalue weighted by molar-refractivity contribution is 0.0955. The maximum Gasteiger partial charge on any atom is 0.253 e. The van der Waals surface area contributed by atoms with Crippen LogP contribution < -0.4 is 20.1 Å². The highest BCUT2D eigenvalue weighted by atomic mass is 35.5. The molecule has 0 aliphatic carbocycles. The zero-order chi connectivity index (χ0) is 17.5. The Labute approximate surface area is 146 Å². The van der Waals surface area contributed by atoms with Crippen molar-refractivity contribution in [1.82, 2.24) is 5.32 Å². The minimum Gasteiger partial charge on any atom is -0.493 e. The molecule has 128 valence electrons. The SMILES string of the molecule is CNc1ccc(Cl)cc1C(=O)NCCc1ccc(OC)c(OC)c1. The van der Waals surface area contributed by atoms with Crippen LogP contribution in [0.2, 0.25) is 5.02 Å². The van der Waals surface area contributed by atoms with Crippen LogP contribution in [0.25, 0.3) is 0 Å². The molecule has 0 aliphatic rings. The number of carbonyl (C=O) groups is 1. The van der Waals surface area contributed by atoms with E-state index in [-0.39, 0.29) is 5.91 Å². The molecule has 2 N–H and O–H groups in total. The lowest BCUT2D eigenvalue weighted by Crippen LogP contribution is -2.26. The van der Waals surface area contributed by atoms with Crippen molar-refractivity contribution in [3.05, 3.63) is 52.5 Å². The molecule has 2 aromatic carbocycles. The van der Waals surface area contributed by atoms with E-state index in [1.54, 1.807) is 39.5 Å². The van der Waals surface area contributed by atoms with E-state index in [1.807, 2.05) is 18.2 Å². The summed E-state index contributed by atoms with van der Waals surface area (Å²) in [6.45, 7) is 0.504. The number of benzene rings is 2. The standard InChI is InChI=1S/C18H21ClN2O3/c1-20-15-6-5-13(19)11-14(15)18(22)21-9-8-12-4-7-16(23-2)17(10-12)24-3/h4-7,10-11,20H,8-9H2,1-3H3,(H,21,22). The molecule has 0 radical (unpaired) electrons. The van der Waals surface area contributed by atoms with E-state index < -0.39 is 0 Å². The number of rotatable bonds is 7.